The fourth-order valence-corrected chi connectivity index (χ4v) is 4.61. The number of carbonyl (C=O) groups excluding carboxylic acids is 2. The Labute approximate surface area is 209 Å². The van der Waals surface area contributed by atoms with E-state index in [1.165, 1.54) is 0 Å². The van der Waals surface area contributed by atoms with Gasteiger partial charge in [-0.25, -0.2) is 9.59 Å². The summed E-state index contributed by atoms with van der Waals surface area (Å²) in [6, 6.07) is 27.9. The quantitative estimate of drug-likeness (QED) is 0.308. The third-order valence-electron chi connectivity index (χ3n) is 6.19. The van der Waals surface area contributed by atoms with Crippen LogP contribution >= 0.6 is 0 Å². The maximum atomic E-state index is 13.5. The molecule has 0 radical (unpaired) electrons. The third kappa shape index (κ3) is 4.48. The fraction of sp³-hybridized carbons (Fsp3) is 0.161. The van der Waals surface area contributed by atoms with E-state index in [2.05, 4.69) is 0 Å². The smallest absolute Gasteiger partial charge is 0.344 e. The van der Waals surface area contributed by atoms with Crippen molar-refractivity contribution in [1.82, 2.24) is 0 Å². The van der Waals surface area contributed by atoms with Crippen molar-refractivity contribution in [2.75, 3.05) is 19.8 Å². The SMILES string of the molecule is CCOC(=O)COC(=O)c1cc2cc(C)ccc2c2c1C(c1ccccc1)=C(c1ccccc1)CO2. The summed E-state index contributed by atoms with van der Waals surface area (Å²) in [4.78, 5) is 25.4. The van der Waals surface area contributed by atoms with Crippen LogP contribution in [0, 0.1) is 6.92 Å². The molecule has 0 spiro atoms. The van der Waals surface area contributed by atoms with Crippen LogP contribution < -0.4 is 4.74 Å². The van der Waals surface area contributed by atoms with Crippen LogP contribution in [-0.4, -0.2) is 31.8 Å². The van der Waals surface area contributed by atoms with Crippen molar-refractivity contribution in [3.63, 3.8) is 0 Å². The van der Waals surface area contributed by atoms with E-state index in [-0.39, 0.29) is 6.61 Å². The molecule has 0 atom stereocenters. The summed E-state index contributed by atoms with van der Waals surface area (Å²) in [5.74, 6) is -0.556. The molecular formula is C31H26O5. The summed E-state index contributed by atoms with van der Waals surface area (Å²) in [7, 11) is 0. The number of hydrogen-bond acceptors (Lipinski definition) is 5. The Balaban J connectivity index is 1.77. The minimum Gasteiger partial charge on any atom is -0.488 e. The zero-order valence-corrected chi connectivity index (χ0v) is 20.2. The van der Waals surface area contributed by atoms with Gasteiger partial charge in [0, 0.05) is 22.1 Å². The van der Waals surface area contributed by atoms with Crippen molar-refractivity contribution in [3.05, 3.63) is 113 Å². The first-order valence-corrected chi connectivity index (χ1v) is 11.9. The molecule has 5 nitrogen and oxygen atoms in total. The highest BCUT2D eigenvalue weighted by Crippen LogP contribution is 2.46. The van der Waals surface area contributed by atoms with Gasteiger partial charge in [0.2, 0.25) is 0 Å². The summed E-state index contributed by atoms with van der Waals surface area (Å²) in [5, 5.41) is 1.78. The maximum Gasteiger partial charge on any atom is 0.344 e. The molecule has 0 amide bonds. The van der Waals surface area contributed by atoms with Gasteiger partial charge in [-0.05, 0) is 36.4 Å². The Morgan fingerprint density at radius 1 is 0.861 bits per heavy atom. The first-order chi connectivity index (χ1) is 17.6. The topological polar surface area (TPSA) is 61.8 Å². The molecule has 5 rings (SSSR count). The first-order valence-electron chi connectivity index (χ1n) is 11.9. The van der Waals surface area contributed by atoms with Gasteiger partial charge in [0.25, 0.3) is 0 Å². The molecule has 4 aromatic carbocycles. The largest absolute Gasteiger partial charge is 0.488 e. The highest BCUT2D eigenvalue weighted by atomic mass is 16.6. The molecule has 0 aliphatic carbocycles. The number of ether oxygens (including phenoxy) is 3. The summed E-state index contributed by atoms with van der Waals surface area (Å²) in [6.45, 7) is 3.83. The number of carbonyl (C=O) groups is 2. The van der Waals surface area contributed by atoms with Crippen LogP contribution in [0.3, 0.4) is 0 Å². The molecule has 0 aromatic heterocycles. The standard InChI is InChI=1S/C31H26O5/c1-3-34-27(32)19-36-31(33)25-17-23-16-20(2)14-15-24(23)30-29(25)28(22-12-8-5-9-13-22)26(18-35-30)21-10-6-4-7-11-21/h4-17H,3,18-19H2,1-2H3. The second-order valence-electron chi connectivity index (χ2n) is 8.61. The zero-order chi connectivity index (χ0) is 25.1. The van der Waals surface area contributed by atoms with Gasteiger partial charge in [0.05, 0.1) is 12.2 Å². The van der Waals surface area contributed by atoms with Gasteiger partial charge >= 0.3 is 11.9 Å². The lowest BCUT2D eigenvalue weighted by atomic mass is 9.83. The molecule has 180 valence electrons. The molecule has 1 heterocycles. The van der Waals surface area contributed by atoms with E-state index >= 15 is 0 Å². The summed E-state index contributed by atoms with van der Waals surface area (Å²) in [5.41, 5.74) is 5.93. The van der Waals surface area contributed by atoms with E-state index in [1.807, 2.05) is 91.9 Å². The summed E-state index contributed by atoms with van der Waals surface area (Å²) >= 11 is 0. The lowest BCUT2D eigenvalue weighted by Crippen LogP contribution is -2.20. The van der Waals surface area contributed by atoms with Crippen LogP contribution in [-0.2, 0) is 14.3 Å². The Bertz CT molecular complexity index is 1470. The Morgan fingerprint density at radius 3 is 2.25 bits per heavy atom. The number of aryl methyl sites for hydroxylation is 1. The van der Waals surface area contributed by atoms with E-state index < -0.39 is 18.5 Å². The average Bonchev–Trinajstić information content (AvgIpc) is 2.91. The van der Waals surface area contributed by atoms with Gasteiger partial charge in [-0.3, -0.25) is 0 Å². The molecule has 0 bridgehead atoms. The summed E-state index contributed by atoms with van der Waals surface area (Å²) in [6.07, 6.45) is 0. The number of benzene rings is 4. The maximum absolute atomic E-state index is 13.5. The molecular weight excluding hydrogens is 452 g/mol. The van der Waals surface area contributed by atoms with Crippen molar-refractivity contribution in [2.24, 2.45) is 0 Å². The first kappa shape index (κ1) is 23.4. The monoisotopic (exact) mass is 478 g/mol. The lowest BCUT2D eigenvalue weighted by molar-refractivity contribution is -0.146. The van der Waals surface area contributed by atoms with Crippen molar-refractivity contribution < 1.29 is 23.8 Å². The van der Waals surface area contributed by atoms with Crippen LogP contribution in [0.4, 0.5) is 0 Å². The van der Waals surface area contributed by atoms with Gasteiger partial charge in [0.1, 0.15) is 12.4 Å². The predicted octanol–water partition coefficient (Wildman–Crippen LogP) is 6.22. The van der Waals surface area contributed by atoms with Crippen LogP contribution in [0.1, 0.15) is 39.5 Å². The van der Waals surface area contributed by atoms with Crippen molar-refractivity contribution in [3.8, 4) is 5.75 Å². The molecule has 0 saturated carbocycles. The Hall–Kier alpha value is -4.38. The molecule has 5 heteroatoms. The number of hydrogen-bond donors (Lipinski definition) is 0. The van der Waals surface area contributed by atoms with E-state index in [4.69, 9.17) is 14.2 Å². The van der Waals surface area contributed by atoms with E-state index in [0.717, 1.165) is 38.6 Å². The van der Waals surface area contributed by atoms with Gasteiger partial charge in [-0.15, -0.1) is 0 Å². The van der Waals surface area contributed by atoms with Gasteiger partial charge < -0.3 is 14.2 Å². The highest BCUT2D eigenvalue weighted by Gasteiger charge is 2.30. The molecule has 36 heavy (non-hydrogen) atoms. The molecule has 4 aromatic rings. The zero-order valence-electron chi connectivity index (χ0n) is 20.2. The molecule has 0 unspecified atom stereocenters. The van der Waals surface area contributed by atoms with E-state index in [1.54, 1.807) is 6.92 Å². The van der Waals surface area contributed by atoms with Crippen molar-refractivity contribution in [1.29, 1.82) is 0 Å². The second kappa shape index (κ2) is 10.1. The van der Waals surface area contributed by atoms with Crippen molar-refractivity contribution in [2.45, 2.75) is 13.8 Å². The molecule has 1 aliphatic heterocycles. The lowest BCUT2D eigenvalue weighted by Gasteiger charge is -2.28. The predicted molar refractivity (Wildman–Crippen MR) is 140 cm³/mol. The third-order valence-corrected chi connectivity index (χ3v) is 6.19. The van der Waals surface area contributed by atoms with E-state index in [9.17, 15) is 9.59 Å². The van der Waals surface area contributed by atoms with Crippen LogP contribution in [0.2, 0.25) is 0 Å². The molecule has 0 saturated heterocycles. The van der Waals surface area contributed by atoms with Gasteiger partial charge in [0.15, 0.2) is 6.61 Å². The van der Waals surface area contributed by atoms with Crippen LogP contribution in [0.25, 0.3) is 21.9 Å². The minimum atomic E-state index is -0.603. The highest BCUT2D eigenvalue weighted by molar-refractivity contribution is 6.12. The molecule has 0 N–H and O–H groups in total. The summed E-state index contributed by atoms with van der Waals surface area (Å²) < 4.78 is 16.8. The molecule has 0 fully saturated rings. The number of esters is 2. The van der Waals surface area contributed by atoms with E-state index in [0.29, 0.717) is 23.5 Å². The number of rotatable bonds is 6. The van der Waals surface area contributed by atoms with Gasteiger partial charge in [-0.1, -0.05) is 84.4 Å². The molecule has 1 aliphatic rings. The second-order valence-corrected chi connectivity index (χ2v) is 8.61. The fourth-order valence-electron chi connectivity index (χ4n) is 4.61. The van der Waals surface area contributed by atoms with Gasteiger partial charge in [-0.2, -0.15) is 0 Å². The minimum absolute atomic E-state index is 0.218. The Kier molecular flexibility index (Phi) is 6.54. The van der Waals surface area contributed by atoms with Crippen LogP contribution in [0.5, 0.6) is 5.75 Å². The van der Waals surface area contributed by atoms with Crippen LogP contribution in [0.15, 0.2) is 84.9 Å². The number of fused-ring (bicyclic) bond motifs is 3. The van der Waals surface area contributed by atoms with Crippen molar-refractivity contribution >= 4 is 33.9 Å². The normalized spacial score (nSPS) is 12.6. The average molecular weight is 479 g/mol. The Morgan fingerprint density at radius 2 is 1.56 bits per heavy atom.